The second-order valence-corrected chi connectivity index (χ2v) is 11.6. The molecule has 0 aliphatic carbocycles. The van der Waals surface area contributed by atoms with Crippen LogP contribution in [-0.4, -0.2) is 66.6 Å². The molecule has 2 aromatic heterocycles. The topological polar surface area (TPSA) is 171 Å². The molecule has 3 rings (SSSR count). The summed E-state index contributed by atoms with van der Waals surface area (Å²) in [6, 6.07) is 6.22. The summed E-state index contributed by atoms with van der Waals surface area (Å²) in [5.41, 5.74) is -0.244. The van der Waals surface area contributed by atoms with Crippen molar-refractivity contribution in [2.75, 3.05) is 41.3 Å². The molecule has 0 fully saturated rings. The monoisotopic (exact) mass is 637 g/mol. The van der Waals surface area contributed by atoms with E-state index in [0.29, 0.717) is 37.0 Å². The van der Waals surface area contributed by atoms with Crippen LogP contribution in [0.2, 0.25) is 0 Å². The highest BCUT2D eigenvalue weighted by Crippen LogP contribution is 2.34. The first-order valence-corrected chi connectivity index (χ1v) is 15.5. The second-order valence-electron chi connectivity index (χ2n) is 9.59. The predicted molar refractivity (Wildman–Crippen MR) is 159 cm³/mol. The number of sulfonamides is 1. The molecule has 0 aliphatic heterocycles. The predicted octanol–water partition coefficient (Wildman–Crippen LogP) is 3.46. The first-order valence-electron chi connectivity index (χ1n) is 13.6. The minimum absolute atomic E-state index is 0.00640. The van der Waals surface area contributed by atoms with E-state index in [4.69, 9.17) is 0 Å². The average Bonchev–Trinajstić information content (AvgIpc) is 2.98. The number of aromatic nitrogens is 4. The lowest BCUT2D eigenvalue weighted by Gasteiger charge is -2.19. The fraction of sp³-hybridized carbons (Fsp3) is 0.407. The molecule has 0 radical (unpaired) electrons. The van der Waals surface area contributed by atoms with E-state index in [1.54, 1.807) is 31.2 Å². The third-order valence-corrected chi connectivity index (χ3v) is 7.42. The van der Waals surface area contributed by atoms with Crippen molar-refractivity contribution in [1.82, 2.24) is 30.6 Å². The summed E-state index contributed by atoms with van der Waals surface area (Å²) in [6.45, 7) is 2.54. The van der Waals surface area contributed by atoms with Gasteiger partial charge in [0, 0.05) is 56.4 Å². The number of anilines is 4. The van der Waals surface area contributed by atoms with Crippen molar-refractivity contribution in [3.8, 4) is 0 Å². The maximum Gasteiger partial charge on any atom is 0.421 e. The Balaban J connectivity index is 1.63. The minimum Gasteiger partial charge on any atom is -0.364 e. The molecular weight excluding hydrogens is 603 g/mol. The lowest BCUT2D eigenvalue weighted by Crippen LogP contribution is -2.27. The lowest BCUT2D eigenvalue weighted by atomic mass is 10.2. The number of benzene rings is 1. The van der Waals surface area contributed by atoms with Crippen LogP contribution in [0.25, 0.3) is 0 Å². The summed E-state index contributed by atoms with van der Waals surface area (Å²) < 4.78 is 65.9. The van der Waals surface area contributed by atoms with E-state index in [1.165, 1.54) is 19.4 Å². The number of nitrogens with one attached hydrogen (secondary N) is 4. The van der Waals surface area contributed by atoms with Gasteiger partial charge >= 0.3 is 6.18 Å². The normalized spacial score (nSPS) is 11.5. The second kappa shape index (κ2) is 15.3. The highest BCUT2D eigenvalue weighted by atomic mass is 32.2. The molecule has 0 spiro atoms. The van der Waals surface area contributed by atoms with Crippen molar-refractivity contribution >= 4 is 45.1 Å². The van der Waals surface area contributed by atoms with E-state index < -0.39 is 27.6 Å². The van der Waals surface area contributed by atoms with Crippen LogP contribution < -0.4 is 25.6 Å². The van der Waals surface area contributed by atoms with Gasteiger partial charge < -0.3 is 21.3 Å². The Morgan fingerprint density at radius 3 is 2.25 bits per heavy atom. The van der Waals surface area contributed by atoms with Gasteiger partial charge in [-0.1, -0.05) is 6.92 Å². The molecule has 0 unspecified atom stereocenters. The first kappa shape index (κ1) is 34.0. The molecule has 0 saturated heterocycles. The van der Waals surface area contributed by atoms with E-state index in [-0.39, 0.29) is 35.8 Å². The Kier molecular flexibility index (Phi) is 11.8. The van der Waals surface area contributed by atoms with Gasteiger partial charge in [-0.05, 0) is 43.5 Å². The Hall–Kier alpha value is -4.54. The summed E-state index contributed by atoms with van der Waals surface area (Å²) in [7, 11) is -2.45. The largest absolute Gasteiger partial charge is 0.421 e. The fourth-order valence-electron chi connectivity index (χ4n) is 3.77. The third kappa shape index (κ3) is 10.0. The third-order valence-electron chi connectivity index (χ3n) is 6.25. The van der Waals surface area contributed by atoms with Crippen LogP contribution in [0.1, 0.15) is 54.2 Å². The van der Waals surface area contributed by atoms with Gasteiger partial charge in [-0.25, -0.2) is 18.4 Å². The SMILES string of the molecule is CCC(=O)NCCCCCNC(=O)c1ccc(Nc2ncc(C(F)(F)F)c(NCc3nccnc3N(C)S(C)(=O)=O)n2)cc1. The zero-order chi connectivity index (χ0) is 32.3. The number of hydrogen-bond acceptors (Lipinski definition) is 10. The quantitative estimate of drug-likeness (QED) is 0.181. The van der Waals surface area contributed by atoms with Gasteiger partial charge in [-0.15, -0.1) is 0 Å². The van der Waals surface area contributed by atoms with Gasteiger partial charge in [0.15, 0.2) is 5.82 Å². The number of amides is 2. The van der Waals surface area contributed by atoms with Crippen LogP contribution in [0.4, 0.5) is 36.4 Å². The molecule has 13 nitrogen and oxygen atoms in total. The van der Waals surface area contributed by atoms with Crippen LogP contribution in [0.3, 0.4) is 0 Å². The molecule has 44 heavy (non-hydrogen) atoms. The maximum atomic E-state index is 13.7. The van der Waals surface area contributed by atoms with Crippen molar-refractivity contribution in [2.45, 2.75) is 45.3 Å². The van der Waals surface area contributed by atoms with Crippen molar-refractivity contribution in [3.63, 3.8) is 0 Å². The number of carbonyl (C=O) groups is 2. The Labute approximate surface area is 253 Å². The maximum absolute atomic E-state index is 13.7. The van der Waals surface area contributed by atoms with Crippen molar-refractivity contribution in [2.24, 2.45) is 0 Å². The van der Waals surface area contributed by atoms with Crippen LogP contribution >= 0.6 is 0 Å². The van der Waals surface area contributed by atoms with Crippen LogP contribution in [0.15, 0.2) is 42.9 Å². The molecule has 17 heteroatoms. The number of hydrogen-bond donors (Lipinski definition) is 4. The molecule has 238 valence electrons. The Bertz CT molecular complexity index is 1540. The van der Waals surface area contributed by atoms with E-state index in [1.807, 2.05) is 0 Å². The summed E-state index contributed by atoms with van der Waals surface area (Å²) in [5.74, 6) is -1.03. The number of carbonyl (C=O) groups excluding carboxylic acids is 2. The van der Waals surface area contributed by atoms with Crippen LogP contribution in [0.5, 0.6) is 0 Å². The van der Waals surface area contributed by atoms with Crippen LogP contribution in [0, 0.1) is 0 Å². The zero-order valence-electron chi connectivity index (χ0n) is 24.4. The minimum atomic E-state index is -4.78. The molecule has 0 saturated carbocycles. The molecule has 0 aliphatic rings. The molecular formula is C27H34F3N9O4S. The fourth-order valence-corrected chi connectivity index (χ4v) is 4.24. The molecule has 2 amide bonds. The average molecular weight is 638 g/mol. The van der Waals surface area contributed by atoms with E-state index in [2.05, 4.69) is 41.2 Å². The summed E-state index contributed by atoms with van der Waals surface area (Å²) >= 11 is 0. The molecule has 4 N–H and O–H groups in total. The van der Waals surface area contributed by atoms with Crippen molar-refractivity contribution in [3.05, 3.63) is 59.7 Å². The number of halogens is 3. The smallest absolute Gasteiger partial charge is 0.364 e. The van der Waals surface area contributed by atoms with Gasteiger partial charge in [-0.2, -0.15) is 18.2 Å². The first-order chi connectivity index (χ1) is 20.8. The molecule has 2 heterocycles. The van der Waals surface area contributed by atoms with E-state index in [0.717, 1.165) is 29.8 Å². The zero-order valence-corrected chi connectivity index (χ0v) is 25.2. The summed E-state index contributed by atoms with van der Waals surface area (Å²) in [5, 5.41) is 11.0. The number of alkyl halides is 3. The van der Waals surface area contributed by atoms with E-state index >= 15 is 0 Å². The van der Waals surface area contributed by atoms with Gasteiger partial charge in [0.05, 0.1) is 12.8 Å². The highest BCUT2D eigenvalue weighted by Gasteiger charge is 2.35. The summed E-state index contributed by atoms with van der Waals surface area (Å²) in [6.07, 6.45) is 2.21. The van der Waals surface area contributed by atoms with Gasteiger partial charge in [-0.3, -0.25) is 18.9 Å². The lowest BCUT2D eigenvalue weighted by molar-refractivity contribution is -0.137. The van der Waals surface area contributed by atoms with E-state index in [9.17, 15) is 31.2 Å². The van der Waals surface area contributed by atoms with Crippen molar-refractivity contribution in [1.29, 1.82) is 0 Å². The molecule has 1 aromatic carbocycles. The Morgan fingerprint density at radius 1 is 0.955 bits per heavy atom. The number of rotatable bonds is 15. The number of unbranched alkanes of at least 4 members (excludes halogenated alkanes) is 2. The Morgan fingerprint density at radius 2 is 1.61 bits per heavy atom. The molecule has 0 bridgehead atoms. The van der Waals surface area contributed by atoms with Crippen LogP contribution in [-0.2, 0) is 27.5 Å². The van der Waals surface area contributed by atoms with Gasteiger partial charge in [0.25, 0.3) is 5.91 Å². The molecule has 0 atom stereocenters. The van der Waals surface area contributed by atoms with Gasteiger partial charge in [0.2, 0.25) is 21.9 Å². The standard InChI is InChI=1S/C27H34F3N9O4S/c1-4-22(40)32-12-6-5-7-13-34-25(41)18-8-10-19(11-9-18)37-26-36-16-20(27(28,29)30)23(38-26)35-17-21-24(33-15-14-31-21)39(2)44(3,42)43/h8-11,14-16H,4-7,12-13,17H2,1-3H3,(H,32,40)(H,34,41)(H2,35,36,37,38). The van der Waals surface area contributed by atoms with Gasteiger partial charge in [0.1, 0.15) is 17.1 Å². The molecule has 3 aromatic rings. The number of nitrogens with zero attached hydrogens (tertiary/aromatic N) is 5. The van der Waals surface area contributed by atoms with Crippen molar-refractivity contribution < 1.29 is 31.2 Å². The summed E-state index contributed by atoms with van der Waals surface area (Å²) in [4.78, 5) is 39.5. The highest BCUT2D eigenvalue weighted by molar-refractivity contribution is 7.92.